The number of benzene rings is 1. The van der Waals surface area contributed by atoms with E-state index in [1.165, 1.54) is 22.2 Å². The smallest absolute Gasteiger partial charge is 0.123 e. The van der Waals surface area contributed by atoms with Crippen molar-refractivity contribution in [1.29, 1.82) is 0 Å². The number of rotatable bonds is 6. The second-order valence-electron chi connectivity index (χ2n) is 8.06. The van der Waals surface area contributed by atoms with E-state index in [1.54, 1.807) is 12.7 Å². The number of nitrogens with one attached hydrogen (secondary N) is 1. The summed E-state index contributed by atoms with van der Waals surface area (Å²) in [5, 5.41) is 9.12. The Hall–Kier alpha value is -3.19. The van der Waals surface area contributed by atoms with Gasteiger partial charge in [-0.3, -0.25) is 14.5 Å². The molecule has 1 N–H and O–H groups in total. The van der Waals surface area contributed by atoms with Gasteiger partial charge in [0.1, 0.15) is 12.7 Å². The van der Waals surface area contributed by atoms with Crippen LogP contribution >= 0.6 is 0 Å². The van der Waals surface area contributed by atoms with Gasteiger partial charge in [-0.2, -0.15) is 0 Å². The van der Waals surface area contributed by atoms with Crippen LogP contribution in [0.25, 0.3) is 16.6 Å². The number of aryl methyl sites for hydroxylation is 1. The molecule has 4 heterocycles. The number of hydrogen-bond acceptors (Lipinski definition) is 5. The fourth-order valence-electron chi connectivity index (χ4n) is 4.44. The Balaban J connectivity index is 1.20. The quantitative estimate of drug-likeness (QED) is 0.537. The lowest BCUT2D eigenvalue weighted by molar-refractivity contribution is 0.187. The lowest BCUT2D eigenvalue weighted by Gasteiger charge is -2.41. The monoisotopic (exact) mass is 401 g/mol. The van der Waals surface area contributed by atoms with Gasteiger partial charge in [0.05, 0.1) is 11.9 Å². The molecule has 3 aromatic heterocycles. The zero-order chi connectivity index (χ0) is 20.3. The zero-order valence-corrected chi connectivity index (χ0v) is 17.3. The second-order valence-corrected chi connectivity index (χ2v) is 8.06. The average molecular weight is 402 g/mol. The number of anilines is 1. The standard InChI is InChI=1S/C23H27N7/c1-18-15-29(21-5-2-8-24-14-21)11-10-28(18)9-3-4-19-13-25-23-7-6-20(12-22(19)23)30-16-26-27-17-30/h2,5-8,12-14,16-18,25H,3-4,9-11,15H2,1H3. The number of aromatic amines is 1. The first-order valence-corrected chi connectivity index (χ1v) is 10.6. The van der Waals surface area contributed by atoms with Gasteiger partial charge in [-0.25, -0.2) is 0 Å². The highest BCUT2D eigenvalue weighted by Gasteiger charge is 2.23. The van der Waals surface area contributed by atoms with Crippen LogP contribution in [0, 0.1) is 0 Å². The molecule has 1 fully saturated rings. The van der Waals surface area contributed by atoms with Crippen molar-refractivity contribution in [3.63, 3.8) is 0 Å². The molecule has 154 valence electrons. The summed E-state index contributed by atoms with van der Waals surface area (Å²) in [5.74, 6) is 0. The molecule has 1 atom stereocenters. The van der Waals surface area contributed by atoms with Crippen LogP contribution in [0.15, 0.2) is 61.6 Å². The summed E-state index contributed by atoms with van der Waals surface area (Å²) >= 11 is 0. The van der Waals surface area contributed by atoms with E-state index in [-0.39, 0.29) is 0 Å². The maximum atomic E-state index is 4.26. The molecule has 0 radical (unpaired) electrons. The summed E-state index contributed by atoms with van der Waals surface area (Å²) in [7, 11) is 0. The maximum absolute atomic E-state index is 4.26. The van der Waals surface area contributed by atoms with Crippen molar-refractivity contribution in [3.8, 4) is 5.69 Å². The van der Waals surface area contributed by atoms with E-state index >= 15 is 0 Å². The molecular weight excluding hydrogens is 374 g/mol. The van der Waals surface area contributed by atoms with E-state index in [0.717, 1.165) is 44.7 Å². The summed E-state index contributed by atoms with van der Waals surface area (Å²) in [5.41, 5.74) is 4.88. The van der Waals surface area contributed by atoms with Gasteiger partial charge in [-0.15, -0.1) is 10.2 Å². The van der Waals surface area contributed by atoms with Crippen LogP contribution in [0.3, 0.4) is 0 Å². The third kappa shape index (κ3) is 3.80. The SMILES string of the molecule is CC1CN(c2cccnc2)CCN1CCCc1c[nH]c2ccc(-n3cnnc3)cc12. The second kappa shape index (κ2) is 8.28. The van der Waals surface area contributed by atoms with Crippen molar-refractivity contribution in [3.05, 3.63) is 67.1 Å². The van der Waals surface area contributed by atoms with Gasteiger partial charge in [-0.1, -0.05) is 0 Å². The third-order valence-corrected chi connectivity index (χ3v) is 6.14. The molecule has 4 aromatic rings. The van der Waals surface area contributed by atoms with E-state index in [2.05, 4.69) is 67.4 Å². The highest BCUT2D eigenvalue weighted by Crippen LogP contribution is 2.23. The van der Waals surface area contributed by atoms with E-state index in [4.69, 9.17) is 0 Å². The molecule has 0 bridgehead atoms. The van der Waals surface area contributed by atoms with Crippen LogP contribution in [0.4, 0.5) is 5.69 Å². The molecule has 1 unspecified atom stereocenters. The van der Waals surface area contributed by atoms with Gasteiger partial charge >= 0.3 is 0 Å². The normalized spacial score (nSPS) is 17.6. The minimum absolute atomic E-state index is 0.544. The molecule has 1 saturated heterocycles. The van der Waals surface area contributed by atoms with E-state index < -0.39 is 0 Å². The van der Waals surface area contributed by atoms with Crippen molar-refractivity contribution in [2.24, 2.45) is 0 Å². The lowest BCUT2D eigenvalue weighted by atomic mass is 10.1. The molecule has 0 amide bonds. The minimum Gasteiger partial charge on any atom is -0.367 e. The van der Waals surface area contributed by atoms with Crippen LogP contribution in [0.5, 0.6) is 0 Å². The molecule has 7 heteroatoms. The molecule has 1 aliphatic heterocycles. The fourth-order valence-corrected chi connectivity index (χ4v) is 4.44. The van der Waals surface area contributed by atoms with Crippen LogP contribution in [-0.4, -0.2) is 61.9 Å². The van der Waals surface area contributed by atoms with Gasteiger partial charge in [-0.05, 0) is 62.2 Å². The first-order chi connectivity index (χ1) is 14.8. The molecule has 0 aliphatic carbocycles. The Morgan fingerprint density at radius 1 is 1.10 bits per heavy atom. The van der Waals surface area contributed by atoms with Crippen LogP contribution < -0.4 is 4.90 Å². The first kappa shape index (κ1) is 18.8. The van der Waals surface area contributed by atoms with E-state index in [0.29, 0.717) is 6.04 Å². The highest BCUT2D eigenvalue weighted by molar-refractivity contribution is 5.85. The Bertz CT molecular complexity index is 1090. The van der Waals surface area contributed by atoms with Crippen LogP contribution in [-0.2, 0) is 6.42 Å². The fraction of sp³-hybridized carbons (Fsp3) is 0.348. The molecule has 5 rings (SSSR count). The van der Waals surface area contributed by atoms with Crippen LogP contribution in [0.1, 0.15) is 18.9 Å². The zero-order valence-electron chi connectivity index (χ0n) is 17.3. The Morgan fingerprint density at radius 3 is 2.80 bits per heavy atom. The molecule has 7 nitrogen and oxygen atoms in total. The largest absolute Gasteiger partial charge is 0.367 e. The van der Waals surface area contributed by atoms with Crippen molar-refractivity contribution in [1.82, 2.24) is 29.6 Å². The van der Waals surface area contributed by atoms with Crippen LogP contribution in [0.2, 0.25) is 0 Å². The summed E-state index contributed by atoms with van der Waals surface area (Å²) in [6.07, 6.45) is 11.7. The Labute approximate surface area is 176 Å². The van der Waals surface area contributed by atoms with Crippen molar-refractivity contribution < 1.29 is 0 Å². The maximum Gasteiger partial charge on any atom is 0.123 e. The average Bonchev–Trinajstić information content (AvgIpc) is 3.45. The lowest BCUT2D eigenvalue weighted by Crippen LogP contribution is -2.52. The minimum atomic E-state index is 0.544. The van der Waals surface area contributed by atoms with Crippen molar-refractivity contribution >= 4 is 16.6 Å². The number of nitrogens with zero attached hydrogens (tertiary/aromatic N) is 6. The number of hydrogen-bond donors (Lipinski definition) is 1. The predicted molar refractivity (Wildman–Crippen MR) is 119 cm³/mol. The van der Waals surface area contributed by atoms with E-state index in [9.17, 15) is 0 Å². The summed E-state index contributed by atoms with van der Waals surface area (Å²) in [6.45, 7) is 6.67. The van der Waals surface area contributed by atoms with Crippen molar-refractivity contribution in [2.45, 2.75) is 25.8 Å². The van der Waals surface area contributed by atoms with E-state index in [1.807, 2.05) is 23.0 Å². The van der Waals surface area contributed by atoms with Gasteiger partial charge < -0.3 is 9.88 Å². The highest BCUT2D eigenvalue weighted by atomic mass is 15.3. The molecule has 0 saturated carbocycles. The predicted octanol–water partition coefficient (Wildman–Crippen LogP) is 3.29. The molecule has 1 aromatic carbocycles. The van der Waals surface area contributed by atoms with Gasteiger partial charge in [0.2, 0.25) is 0 Å². The molecule has 30 heavy (non-hydrogen) atoms. The third-order valence-electron chi connectivity index (χ3n) is 6.14. The molecule has 1 aliphatic rings. The Kier molecular flexibility index (Phi) is 5.19. The number of fused-ring (bicyclic) bond motifs is 1. The summed E-state index contributed by atoms with van der Waals surface area (Å²) < 4.78 is 1.94. The number of aromatic nitrogens is 5. The summed E-state index contributed by atoms with van der Waals surface area (Å²) in [6, 6.07) is 11.2. The topological polar surface area (TPSA) is 65.9 Å². The summed E-state index contributed by atoms with van der Waals surface area (Å²) in [4.78, 5) is 12.7. The molecule has 0 spiro atoms. The van der Waals surface area contributed by atoms with Gasteiger partial charge in [0, 0.05) is 54.7 Å². The van der Waals surface area contributed by atoms with Gasteiger partial charge in [0.25, 0.3) is 0 Å². The number of H-pyrrole nitrogens is 1. The molecular formula is C23H27N7. The van der Waals surface area contributed by atoms with Gasteiger partial charge in [0.15, 0.2) is 0 Å². The number of piperazine rings is 1. The van der Waals surface area contributed by atoms with Crippen molar-refractivity contribution in [2.75, 3.05) is 31.1 Å². The number of pyridine rings is 1. The first-order valence-electron chi connectivity index (χ1n) is 10.6. The Morgan fingerprint density at radius 2 is 2.00 bits per heavy atom.